The van der Waals surface area contributed by atoms with Gasteiger partial charge in [0.2, 0.25) is 0 Å². The lowest BCUT2D eigenvalue weighted by atomic mass is 9.91. The van der Waals surface area contributed by atoms with Crippen molar-refractivity contribution in [3.05, 3.63) is 90.5 Å². The summed E-state index contributed by atoms with van der Waals surface area (Å²) >= 11 is 0. The Balaban J connectivity index is 1.84. The first-order valence-electron chi connectivity index (χ1n) is 11.2. The van der Waals surface area contributed by atoms with Crippen LogP contribution in [0.15, 0.2) is 84.9 Å². The molecule has 0 aliphatic rings. The third kappa shape index (κ3) is 5.53. The largest absolute Gasteiger partial charge is 0.460 e. The van der Waals surface area contributed by atoms with Crippen molar-refractivity contribution in [3.63, 3.8) is 0 Å². The highest BCUT2D eigenvalue weighted by Gasteiger charge is 2.90. The average molecular weight is 608 g/mol. The predicted octanol–water partition coefficient (Wildman–Crippen LogP) is 8.12. The van der Waals surface area contributed by atoms with Gasteiger partial charge < -0.3 is 0 Å². The molecule has 0 saturated heterocycles. The second-order valence-corrected chi connectivity index (χ2v) is 10.9. The van der Waals surface area contributed by atoms with Crippen LogP contribution in [0.25, 0.3) is 0 Å². The molecule has 40 heavy (non-hydrogen) atoms. The summed E-state index contributed by atoms with van der Waals surface area (Å²) in [5, 5.41) is 2.46. The van der Waals surface area contributed by atoms with Crippen molar-refractivity contribution < 1.29 is 57.1 Å². The smallest absolute Gasteiger partial charge is 0.200 e. The lowest BCUT2D eigenvalue weighted by Gasteiger charge is -2.39. The van der Waals surface area contributed by atoms with Crippen molar-refractivity contribution in [2.75, 3.05) is 0 Å². The molecule has 218 valence electrons. The normalized spacial score (nSPS) is 14.1. The van der Waals surface area contributed by atoms with Gasteiger partial charge in [-0.1, -0.05) is 84.9 Å². The molecule has 3 aromatic rings. The van der Waals surface area contributed by atoms with E-state index in [1.54, 1.807) is 36.4 Å². The molecule has 0 aliphatic heterocycles. The van der Waals surface area contributed by atoms with Crippen molar-refractivity contribution in [1.29, 1.82) is 0 Å². The van der Waals surface area contributed by atoms with Gasteiger partial charge in [0, 0.05) is 6.42 Å². The Morgan fingerprint density at radius 2 is 0.800 bits per heavy atom. The number of benzene rings is 3. The molecule has 0 atom stereocenters. The summed E-state index contributed by atoms with van der Waals surface area (Å²) in [4.78, 5) is 0. The number of hydrogen-bond acceptors (Lipinski definition) is 0. The van der Waals surface area contributed by atoms with Crippen LogP contribution in [0.4, 0.5) is 57.1 Å². The van der Waals surface area contributed by atoms with E-state index >= 15 is 0 Å². The molecule has 3 aromatic carbocycles. The Bertz CT molecular complexity index is 1220. The number of rotatable bonds is 10. The van der Waals surface area contributed by atoms with Gasteiger partial charge >= 0.3 is 35.8 Å². The van der Waals surface area contributed by atoms with Crippen LogP contribution < -0.4 is 15.9 Å². The predicted molar refractivity (Wildman–Crippen MR) is 124 cm³/mol. The molecule has 0 aliphatic carbocycles. The minimum Gasteiger partial charge on any atom is -0.200 e. The van der Waals surface area contributed by atoms with E-state index in [4.69, 9.17) is 0 Å². The highest BCUT2D eigenvalue weighted by Crippen LogP contribution is 2.60. The molecule has 3 rings (SSSR count). The Morgan fingerprint density at radius 3 is 1.20 bits per heavy atom. The Morgan fingerprint density at radius 1 is 0.425 bits per heavy atom. The molecule has 0 heterocycles. The van der Waals surface area contributed by atoms with Gasteiger partial charge in [0.25, 0.3) is 0 Å². The van der Waals surface area contributed by atoms with Crippen LogP contribution in [0, 0.1) is 0 Å². The topological polar surface area (TPSA) is 0 Å². The summed E-state index contributed by atoms with van der Waals surface area (Å²) in [6.07, 6.45) is -10.8. The third-order valence-electron chi connectivity index (χ3n) is 5.95. The van der Waals surface area contributed by atoms with Crippen LogP contribution in [-0.4, -0.2) is 35.8 Å². The van der Waals surface area contributed by atoms with Gasteiger partial charge in [0.05, 0.1) is 0 Å². The fourth-order valence-electron chi connectivity index (χ4n) is 3.67. The van der Waals surface area contributed by atoms with E-state index in [1.807, 2.05) is 24.3 Å². The third-order valence-corrected chi connectivity index (χ3v) is 8.39. The van der Waals surface area contributed by atoms with E-state index in [2.05, 4.69) is 0 Å². The highest BCUT2D eigenvalue weighted by atomic mass is 31.1. The Kier molecular flexibility index (Phi) is 8.62. The summed E-state index contributed by atoms with van der Waals surface area (Å²) in [6.45, 7) is 0. The summed E-state index contributed by atoms with van der Waals surface area (Å²) in [6, 6.07) is 23.4. The van der Waals surface area contributed by atoms with E-state index in [0.29, 0.717) is 5.30 Å². The number of halogens is 13. The first kappa shape index (κ1) is 31.7. The lowest BCUT2D eigenvalue weighted by molar-refractivity contribution is -0.440. The summed E-state index contributed by atoms with van der Waals surface area (Å²) in [5.41, 5.74) is -0.133. The van der Waals surface area contributed by atoms with E-state index < -0.39 is 56.6 Å². The highest BCUT2D eigenvalue weighted by molar-refractivity contribution is 7.79. The van der Waals surface area contributed by atoms with Crippen LogP contribution in [0.5, 0.6) is 0 Å². The minimum atomic E-state index is -7.89. The molecule has 0 aromatic heterocycles. The van der Waals surface area contributed by atoms with E-state index in [0.717, 1.165) is 10.6 Å². The van der Waals surface area contributed by atoms with Crippen LogP contribution >= 0.6 is 7.92 Å². The van der Waals surface area contributed by atoms with Crippen molar-refractivity contribution >= 4 is 23.8 Å². The summed E-state index contributed by atoms with van der Waals surface area (Å²) < 4.78 is 173. The molecule has 0 nitrogen and oxygen atoms in total. The van der Waals surface area contributed by atoms with Gasteiger partial charge in [-0.25, -0.2) is 0 Å². The maximum absolute atomic E-state index is 14.2. The second-order valence-electron chi connectivity index (χ2n) is 8.67. The van der Waals surface area contributed by atoms with Gasteiger partial charge in [-0.2, -0.15) is 57.1 Å². The molecule has 0 fully saturated rings. The molecule has 0 radical (unpaired) electrons. The molecule has 14 heteroatoms. The van der Waals surface area contributed by atoms with Crippen LogP contribution in [0.1, 0.15) is 12.0 Å². The molecule has 0 saturated carbocycles. The van der Waals surface area contributed by atoms with Crippen LogP contribution in [-0.2, 0) is 6.42 Å². The monoisotopic (exact) mass is 608 g/mol. The molecule has 0 bridgehead atoms. The first-order chi connectivity index (χ1) is 18.3. The molecule has 0 N–H and O–H groups in total. The van der Waals surface area contributed by atoms with E-state index in [1.165, 1.54) is 24.3 Å². The van der Waals surface area contributed by atoms with Crippen LogP contribution in [0.2, 0.25) is 0 Å². The lowest BCUT2D eigenvalue weighted by Crippen LogP contribution is -2.70. The maximum atomic E-state index is 14.2. The molecule has 0 spiro atoms. The number of aryl methyl sites for hydroxylation is 1. The minimum absolute atomic E-state index is 0.133. The Labute approximate surface area is 220 Å². The van der Waals surface area contributed by atoms with Crippen molar-refractivity contribution in [2.45, 2.75) is 48.6 Å². The van der Waals surface area contributed by atoms with Crippen molar-refractivity contribution in [3.8, 4) is 0 Å². The van der Waals surface area contributed by atoms with Gasteiger partial charge in [-0.3, -0.25) is 0 Å². The van der Waals surface area contributed by atoms with Crippen LogP contribution in [0.3, 0.4) is 0 Å². The maximum Gasteiger partial charge on any atom is 0.460 e. The van der Waals surface area contributed by atoms with E-state index in [9.17, 15) is 57.1 Å². The van der Waals surface area contributed by atoms with Crippen molar-refractivity contribution in [1.82, 2.24) is 0 Å². The zero-order chi connectivity index (χ0) is 30.2. The van der Waals surface area contributed by atoms with Gasteiger partial charge in [0.15, 0.2) is 0 Å². The van der Waals surface area contributed by atoms with Gasteiger partial charge in [0.1, 0.15) is 0 Å². The quantitative estimate of drug-likeness (QED) is 0.161. The summed E-state index contributed by atoms with van der Waals surface area (Å²) in [7, 11) is -1.17. The zero-order valence-corrected chi connectivity index (χ0v) is 20.8. The first-order valence-corrected chi connectivity index (χ1v) is 12.6. The standard InChI is InChI=1S/C26H18F13P/c27-21(28,22(29,30)23(31,32)24(33,34)25(35,36)26(37,38)39)16-15-17-11-13-20(14-12-17)40(18-7-3-1-4-8-18)19-9-5-2-6-10-19/h1-14H,15-16H2. The SMILES string of the molecule is FC(F)(F)C(F)(F)C(F)(F)C(F)(F)C(F)(F)C(F)(F)CCc1ccc(P(c2ccccc2)c2ccccc2)cc1. The summed E-state index contributed by atoms with van der Waals surface area (Å²) in [5.74, 6) is -36.8. The van der Waals surface area contributed by atoms with Gasteiger partial charge in [-0.15, -0.1) is 0 Å². The fourth-order valence-corrected chi connectivity index (χ4v) is 5.96. The fraction of sp³-hybridized carbons (Fsp3) is 0.308. The Hall–Kier alpha value is -2.82. The molecule has 0 amide bonds. The second kappa shape index (κ2) is 10.9. The number of hydrogen-bond donors (Lipinski definition) is 0. The average Bonchev–Trinajstić information content (AvgIpc) is 2.88. The molecule has 0 unspecified atom stereocenters. The van der Waals surface area contributed by atoms with Gasteiger partial charge in [-0.05, 0) is 35.8 Å². The zero-order valence-electron chi connectivity index (χ0n) is 19.9. The van der Waals surface area contributed by atoms with E-state index in [-0.39, 0.29) is 5.56 Å². The van der Waals surface area contributed by atoms with Crippen molar-refractivity contribution in [2.24, 2.45) is 0 Å². The molecular formula is C26H18F13P. The molecular weight excluding hydrogens is 590 g/mol. The number of alkyl halides is 13.